The van der Waals surface area contributed by atoms with Crippen LogP contribution in [0, 0.1) is 0 Å². The van der Waals surface area contributed by atoms with Crippen molar-refractivity contribution in [3.8, 4) is 0 Å². The van der Waals surface area contributed by atoms with Crippen molar-refractivity contribution in [2.24, 2.45) is 0 Å². The molecule has 4 heteroatoms. The second kappa shape index (κ2) is 6.85. The topological polar surface area (TPSA) is 49.3 Å². The third-order valence-corrected chi connectivity index (χ3v) is 4.43. The zero-order valence-electron chi connectivity index (χ0n) is 13.9. The fourth-order valence-electron chi connectivity index (χ4n) is 2.33. The van der Waals surface area contributed by atoms with Crippen LogP contribution in [0.25, 0.3) is 0 Å². The lowest BCUT2D eigenvalue weighted by Crippen LogP contribution is -2.17. The maximum absolute atomic E-state index is 12.5. The number of rotatable bonds is 3. The molecule has 1 atom stereocenters. The average Bonchev–Trinajstić information content (AvgIpc) is 2.46. The van der Waals surface area contributed by atoms with Gasteiger partial charge in [-0.2, -0.15) is 0 Å². The van der Waals surface area contributed by atoms with Crippen molar-refractivity contribution in [1.29, 1.82) is 0 Å². The molecule has 2 aromatic carbocycles. The fourth-order valence-corrected chi connectivity index (χ4v) is 2.80. The van der Waals surface area contributed by atoms with E-state index in [1.165, 1.54) is 0 Å². The van der Waals surface area contributed by atoms with Gasteiger partial charge in [-0.3, -0.25) is 4.79 Å². The first kappa shape index (κ1) is 17.7. The van der Waals surface area contributed by atoms with E-state index < -0.39 is 6.10 Å². The van der Waals surface area contributed by atoms with Crippen molar-refractivity contribution in [2.45, 2.75) is 39.2 Å². The predicted octanol–water partition coefficient (Wildman–Crippen LogP) is 5.05. The molecule has 2 aromatic rings. The summed E-state index contributed by atoms with van der Waals surface area (Å²) in [6.07, 6.45) is -0.654. The Hall–Kier alpha value is -1.65. The minimum absolute atomic E-state index is 0.0377. The molecule has 0 saturated heterocycles. The van der Waals surface area contributed by atoms with Crippen LogP contribution < -0.4 is 5.32 Å². The second-order valence-corrected chi connectivity index (χ2v) is 7.52. The highest BCUT2D eigenvalue weighted by molar-refractivity contribution is 9.10. The van der Waals surface area contributed by atoms with Crippen molar-refractivity contribution in [2.75, 3.05) is 5.32 Å². The summed E-state index contributed by atoms with van der Waals surface area (Å²) in [5.41, 5.74) is 2.98. The van der Waals surface area contributed by atoms with Gasteiger partial charge in [0.1, 0.15) is 0 Å². The molecule has 122 valence electrons. The van der Waals surface area contributed by atoms with Crippen molar-refractivity contribution in [1.82, 2.24) is 0 Å². The molecular formula is C19H22BrNO2. The van der Waals surface area contributed by atoms with Crippen LogP contribution in [0.3, 0.4) is 0 Å². The number of carbonyl (C=O) groups excluding carboxylic acids is 1. The Bertz CT molecular complexity index is 718. The van der Waals surface area contributed by atoms with Crippen LogP contribution in [0.2, 0.25) is 0 Å². The number of benzene rings is 2. The van der Waals surface area contributed by atoms with Gasteiger partial charge >= 0.3 is 0 Å². The van der Waals surface area contributed by atoms with Gasteiger partial charge in [0.2, 0.25) is 0 Å². The number of halogens is 1. The minimum Gasteiger partial charge on any atom is -0.389 e. The molecule has 0 bridgehead atoms. The standard InChI is InChI=1S/C19H22BrNO2/c1-12(22)14-10-9-13(19(2,3)4)11-17(14)21-18(23)15-7-5-6-8-16(15)20/h5-12,22H,1-4H3,(H,21,23)/t12-/m1/s1. The van der Waals surface area contributed by atoms with Gasteiger partial charge in [0.05, 0.1) is 11.7 Å². The SMILES string of the molecule is C[C@@H](O)c1ccc(C(C)(C)C)cc1NC(=O)c1ccccc1Br. The molecule has 0 fully saturated rings. The summed E-state index contributed by atoms with van der Waals surface area (Å²) in [5.74, 6) is -0.203. The molecule has 3 nitrogen and oxygen atoms in total. The normalized spacial score (nSPS) is 12.8. The maximum atomic E-state index is 12.5. The van der Waals surface area contributed by atoms with E-state index in [2.05, 4.69) is 42.0 Å². The maximum Gasteiger partial charge on any atom is 0.256 e. The first-order valence-electron chi connectivity index (χ1n) is 7.58. The Morgan fingerprint density at radius 3 is 2.39 bits per heavy atom. The Morgan fingerprint density at radius 1 is 1.17 bits per heavy atom. The molecule has 0 radical (unpaired) electrons. The van der Waals surface area contributed by atoms with Crippen molar-refractivity contribution in [3.63, 3.8) is 0 Å². The number of aliphatic hydroxyl groups is 1. The summed E-state index contributed by atoms with van der Waals surface area (Å²) in [7, 11) is 0. The minimum atomic E-state index is -0.654. The van der Waals surface area contributed by atoms with Gasteiger partial charge in [0.15, 0.2) is 0 Å². The van der Waals surface area contributed by atoms with Crippen LogP contribution in [-0.4, -0.2) is 11.0 Å². The van der Waals surface area contributed by atoms with E-state index in [0.29, 0.717) is 16.8 Å². The molecule has 0 aliphatic rings. The third-order valence-electron chi connectivity index (χ3n) is 3.74. The summed E-state index contributed by atoms with van der Waals surface area (Å²) in [5, 5.41) is 12.9. The first-order chi connectivity index (χ1) is 10.7. The van der Waals surface area contributed by atoms with Crippen molar-refractivity contribution >= 4 is 27.5 Å². The molecule has 0 aliphatic carbocycles. The van der Waals surface area contributed by atoms with Gasteiger partial charge in [-0.1, -0.05) is 45.0 Å². The molecule has 0 heterocycles. The van der Waals surface area contributed by atoms with Gasteiger partial charge in [-0.05, 0) is 52.0 Å². The number of hydrogen-bond acceptors (Lipinski definition) is 2. The van der Waals surface area contributed by atoms with E-state index in [-0.39, 0.29) is 11.3 Å². The van der Waals surface area contributed by atoms with Gasteiger partial charge in [-0.15, -0.1) is 0 Å². The monoisotopic (exact) mass is 375 g/mol. The Balaban J connectivity index is 2.41. The predicted molar refractivity (Wildman–Crippen MR) is 97.9 cm³/mol. The molecule has 23 heavy (non-hydrogen) atoms. The highest BCUT2D eigenvalue weighted by atomic mass is 79.9. The Morgan fingerprint density at radius 2 is 1.83 bits per heavy atom. The fraction of sp³-hybridized carbons (Fsp3) is 0.316. The molecule has 0 unspecified atom stereocenters. The molecule has 0 saturated carbocycles. The lowest BCUT2D eigenvalue weighted by atomic mass is 9.85. The van der Waals surface area contributed by atoms with Gasteiger partial charge in [0, 0.05) is 15.7 Å². The summed E-state index contributed by atoms with van der Waals surface area (Å²) in [4.78, 5) is 12.5. The quantitative estimate of drug-likeness (QED) is 0.787. The molecule has 2 N–H and O–H groups in total. The van der Waals surface area contributed by atoms with Crippen LogP contribution in [0.15, 0.2) is 46.9 Å². The zero-order valence-corrected chi connectivity index (χ0v) is 15.4. The van der Waals surface area contributed by atoms with Gasteiger partial charge < -0.3 is 10.4 Å². The first-order valence-corrected chi connectivity index (χ1v) is 8.38. The number of hydrogen-bond donors (Lipinski definition) is 2. The smallest absolute Gasteiger partial charge is 0.256 e. The Kier molecular flexibility index (Phi) is 5.27. The van der Waals surface area contributed by atoms with E-state index in [4.69, 9.17) is 0 Å². The number of aliphatic hydroxyl groups excluding tert-OH is 1. The highest BCUT2D eigenvalue weighted by Crippen LogP contribution is 2.31. The number of carbonyl (C=O) groups is 1. The van der Waals surface area contributed by atoms with E-state index in [1.807, 2.05) is 36.4 Å². The molecule has 1 amide bonds. The van der Waals surface area contributed by atoms with Crippen LogP contribution in [-0.2, 0) is 5.41 Å². The van der Waals surface area contributed by atoms with E-state index >= 15 is 0 Å². The molecular weight excluding hydrogens is 354 g/mol. The van der Waals surface area contributed by atoms with Gasteiger partial charge in [-0.25, -0.2) is 0 Å². The second-order valence-electron chi connectivity index (χ2n) is 6.66. The summed E-state index contributed by atoms with van der Waals surface area (Å²) >= 11 is 3.39. The zero-order chi connectivity index (χ0) is 17.2. The van der Waals surface area contributed by atoms with E-state index in [1.54, 1.807) is 13.0 Å². The Labute approximate surface area is 145 Å². The van der Waals surface area contributed by atoms with Crippen LogP contribution in [0.4, 0.5) is 5.69 Å². The lowest BCUT2D eigenvalue weighted by molar-refractivity contribution is 0.102. The molecule has 0 aliphatic heterocycles. The number of nitrogens with one attached hydrogen (secondary N) is 1. The summed E-state index contributed by atoms with van der Waals surface area (Å²) in [6.45, 7) is 8.04. The van der Waals surface area contributed by atoms with E-state index in [0.717, 1.165) is 10.0 Å². The summed E-state index contributed by atoms with van der Waals surface area (Å²) < 4.78 is 0.739. The van der Waals surface area contributed by atoms with Gasteiger partial charge in [0.25, 0.3) is 5.91 Å². The van der Waals surface area contributed by atoms with Crippen molar-refractivity contribution < 1.29 is 9.90 Å². The lowest BCUT2D eigenvalue weighted by Gasteiger charge is -2.22. The number of anilines is 1. The molecule has 0 spiro atoms. The highest BCUT2D eigenvalue weighted by Gasteiger charge is 2.19. The molecule has 0 aromatic heterocycles. The van der Waals surface area contributed by atoms with Crippen LogP contribution in [0.1, 0.15) is 55.3 Å². The van der Waals surface area contributed by atoms with Crippen LogP contribution in [0.5, 0.6) is 0 Å². The third kappa shape index (κ3) is 4.21. The van der Waals surface area contributed by atoms with Crippen LogP contribution >= 0.6 is 15.9 Å². The summed E-state index contributed by atoms with van der Waals surface area (Å²) in [6, 6.07) is 13.1. The van der Waals surface area contributed by atoms with Crippen molar-refractivity contribution in [3.05, 3.63) is 63.6 Å². The van der Waals surface area contributed by atoms with E-state index in [9.17, 15) is 9.90 Å². The average molecular weight is 376 g/mol. The number of amides is 1. The largest absolute Gasteiger partial charge is 0.389 e. The molecule has 2 rings (SSSR count).